The normalized spacial score (nSPS) is 11.2. The number of carbonyl (C=O) groups is 1. The molecule has 0 aromatic carbocycles. The smallest absolute Gasteiger partial charge is 0.405 e. The molecule has 0 spiro atoms. The second-order valence-electron chi connectivity index (χ2n) is 3.93. The van der Waals surface area contributed by atoms with Crippen LogP contribution in [0.2, 0.25) is 0 Å². The van der Waals surface area contributed by atoms with E-state index in [1.54, 1.807) is 17.4 Å². The van der Waals surface area contributed by atoms with Crippen molar-refractivity contribution in [2.45, 2.75) is 26.4 Å². The van der Waals surface area contributed by atoms with Gasteiger partial charge in [-0.15, -0.1) is 0 Å². The minimum atomic E-state index is -4.42. The summed E-state index contributed by atoms with van der Waals surface area (Å²) in [7, 11) is 0. The molecule has 106 valence electrons. The first-order valence-electron chi connectivity index (χ1n) is 5.74. The molecular weight excluding hydrogens is 261 g/mol. The molecule has 0 fully saturated rings. The molecule has 1 aromatic heterocycles. The molecule has 0 aliphatic heterocycles. The van der Waals surface area contributed by atoms with E-state index >= 15 is 0 Å². The molecule has 0 bridgehead atoms. The van der Waals surface area contributed by atoms with Crippen molar-refractivity contribution in [3.05, 3.63) is 23.5 Å². The molecule has 0 atom stereocenters. The van der Waals surface area contributed by atoms with Crippen molar-refractivity contribution in [1.29, 1.82) is 0 Å². The first kappa shape index (κ1) is 15.3. The minimum Gasteiger partial charge on any atom is -0.482 e. The van der Waals surface area contributed by atoms with E-state index in [-0.39, 0.29) is 0 Å². The number of aromatic nitrogens is 1. The van der Waals surface area contributed by atoms with Gasteiger partial charge in [-0.3, -0.25) is 9.78 Å². The quantitative estimate of drug-likeness (QED) is 0.895. The van der Waals surface area contributed by atoms with Crippen LogP contribution in [0.4, 0.5) is 13.2 Å². The van der Waals surface area contributed by atoms with E-state index in [1.807, 2.05) is 13.8 Å². The van der Waals surface area contributed by atoms with Gasteiger partial charge in [0.1, 0.15) is 12.3 Å². The van der Waals surface area contributed by atoms with Gasteiger partial charge in [-0.2, -0.15) is 13.2 Å². The highest BCUT2D eigenvalue weighted by Gasteiger charge is 2.27. The zero-order chi connectivity index (χ0) is 14.5. The third-order valence-electron chi connectivity index (χ3n) is 2.25. The summed E-state index contributed by atoms with van der Waals surface area (Å²) in [5.41, 5.74) is 1.48. The first-order valence-corrected chi connectivity index (χ1v) is 5.74. The van der Waals surface area contributed by atoms with Crippen LogP contribution in [-0.4, -0.2) is 30.2 Å². The molecule has 1 aromatic rings. The predicted molar refractivity (Wildman–Crippen MR) is 62.9 cm³/mol. The fourth-order valence-electron chi connectivity index (χ4n) is 1.38. The van der Waals surface area contributed by atoms with E-state index in [9.17, 15) is 18.0 Å². The van der Waals surface area contributed by atoms with Crippen molar-refractivity contribution >= 4 is 5.91 Å². The molecule has 0 aliphatic carbocycles. The number of hydrogen-bond donors (Lipinski definition) is 1. The van der Waals surface area contributed by atoms with Crippen molar-refractivity contribution in [3.63, 3.8) is 0 Å². The van der Waals surface area contributed by atoms with Crippen molar-refractivity contribution in [2.75, 3.05) is 13.2 Å². The largest absolute Gasteiger partial charge is 0.482 e. The second-order valence-corrected chi connectivity index (χ2v) is 3.93. The lowest BCUT2D eigenvalue weighted by Gasteiger charge is -2.11. The van der Waals surface area contributed by atoms with Crippen LogP contribution in [-0.2, 0) is 11.2 Å². The van der Waals surface area contributed by atoms with Crippen LogP contribution in [0.1, 0.15) is 18.3 Å². The van der Waals surface area contributed by atoms with Crippen LogP contribution in [0.3, 0.4) is 0 Å². The summed E-state index contributed by atoms with van der Waals surface area (Å²) in [5.74, 6) is -0.407. The van der Waals surface area contributed by atoms with Crippen LogP contribution in [0.15, 0.2) is 12.1 Å². The maximum atomic E-state index is 11.9. The molecule has 19 heavy (non-hydrogen) atoms. The lowest BCUT2D eigenvalue weighted by Crippen LogP contribution is -2.36. The summed E-state index contributed by atoms with van der Waals surface area (Å²) in [6.45, 7) is 1.87. The van der Waals surface area contributed by atoms with Gasteiger partial charge in [-0.05, 0) is 25.5 Å². The Bertz CT molecular complexity index is 447. The molecule has 4 nitrogen and oxygen atoms in total. The maximum absolute atomic E-state index is 11.9. The van der Waals surface area contributed by atoms with Gasteiger partial charge in [0, 0.05) is 5.69 Å². The number of hydrogen-bond acceptors (Lipinski definition) is 3. The van der Waals surface area contributed by atoms with Gasteiger partial charge in [-0.25, -0.2) is 0 Å². The van der Waals surface area contributed by atoms with E-state index in [1.165, 1.54) is 0 Å². The van der Waals surface area contributed by atoms with Gasteiger partial charge in [0.05, 0.1) is 5.69 Å². The Hall–Kier alpha value is -1.79. The van der Waals surface area contributed by atoms with Gasteiger partial charge in [0.2, 0.25) is 0 Å². The molecule has 1 heterocycles. The van der Waals surface area contributed by atoms with Crippen molar-refractivity contribution < 1.29 is 22.7 Å². The number of pyridine rings is 1. The Kier molecular flexibility index (Phi) is 5.14. The Morgan fingerprint density at radius 1 is 1.42 bits per heavy atom. The van der Waals surface area contributed by atoms with Gasteiger partial charge in [0.25, 0.3) is 5.91 Å². The average molecular weight is 276 g/mol. The number of alkyl halides is 3. The Balaban J connectivity index is 2.50. The zero-order valence-electron chi connectivity index (χ0n) is 10.7. The van der Waals surface area contributed by atoms with E-state index in [0.29, 0.717) is 17.9 Å². The topological polar surface area (TPSA) is 51.2 Å². The monoisotopic (exact) mass is 276 g/mol. The van der Waals surface area contributed by atoms with E-state index < -0.39 is 25.2 Å². The Labute approximate surface area is 109 Å². The van der Waals surface area contributed by atoms with Crippen molar-refractivity contribution in [2.24, 2.45) is 0 Å². The number of aryl methyl sites for hydroxylation is 2. The molecule has 7 heteroatoms. The Morgan fingerprint density at radius 3 is 2.68 bits per heavy atom. The Morgan fingerprint density at radius 2 is 2.11 bits per heavy atom. The lowest BCUT2D eigenvalue weighted by atomic mass is 10.2. The van der Waals surface area contributed by atoms with Crippen LogP contribution in [0.25, 0.3) is 0 Å². The van der Waals surface area contributed by atoms with E-state index in [0.717, 1.165) is 5.69 Å². The SMILES string of the molecule is CCc1nc(C)ccc1OCC(=O)NCC(F)(F)F. The van der Waals surface area contributed by atoms with Gasteiger partial charge < -0.3 is 10.1 Å². The molecular formula is C12H15F3N2O2. The van der Waals surface area contributed by atoms with Crippen LogP contribution >= 0.6 is 0 Å². The van der Waals surface area contributed by atoms with Crippen molar-refractivity contribution in [3.8, 4) is 5.75 Å². The summed E-state index contributed by atoms with van der Waals surface area (Å²) in [5, 5.41) is 1.73. The number of rotatable bonds is 5. The number of nitrogens with one attached hydrogen (secondary N) is 1. The highest BCUT2D eigenvalue weighted by molar-refractivity contribution is 5.77. The molecule has 1 amide bonds. The third kappa shape index (κ3) is 5.58. The second kappa shape index (κ2) is 6.40. The van der Waals surface area contributed by atoms with E-state index in [2.05, 4.69) is 4.98 Å². The standard InChI is InChI=1S/C12H15F3N2O2/c1-3-9-10(5-4-8(2)17-9)19-6-11(18)16-7-12(13,14)15/h4-5H,3,6-7H2,1-2H3,(H,16,18). The maximum Gasteiger partial charge on any atom is 0.405 e. The summed E-state index contributed by atoms with van der Waals surface area (Å²) in [6.07, 6.45) is -3.81. The van der Waals surface area contributed by atoms with E-state index in [4.69, 9.17) is 4.74 Å². The number of ether oxygens (including phenoxy) is 1. The van der Waals surface area contributed by atoms with Crippen LogP contribution < -0.4 is 10.1 Å². The molecule has 0 saturated carbocycles. The minimum absolute atomic E-state index is 0.412. The number of amides is 1. The van der Waals surface area contributed by atoms with Gasteiger partial charge in [0.15, 0.2) is 6.61 Å². The molecule has 1 N–H and O–H groups in total. The first-order chi connectivity index (χ1) is 8.81. The molecule has 0 saturated heterocycles. The summed E-state index contributed by atoms with van der Waals surface area (Å²) < 4.78 is 40.8. The lowest BCUT2D eigenvalue weighted by molar-refractivity contribution is -0.139. The number of halogens is 3. The van der Waals surface area contributed by atoms with Gasteiger partial charge in [-0.1, -0.05) is 6.92 Å². The molecule has 1 rings (SSSR count). The van der Waals surface area contributed by atoms with Gasteiger partial charge >= 0.3 is 6.18 Å². The molecule has 0 aliphatic rings. The zero-order valence-corrected chi connectivity index (χ0v) is 10.7. The van der Waals surface area contributed by atoms with Crippen molar-refractivity contribution in [1.82, 2.24) is 10.3 Å². The average Bonchev–Trinajstić information content (AvgIpc) is 2.33. The fraction of sp³-hybridized carbons (Fsp3) is 0.500. The number of carbonyl (C=O) groups excluding carboxylic acids is 1. The number of nitrogens with zero attached hydrogens (tertiary/aromatic N) is 1. The molecule has 0 radical (unpaired) electrons. The van der Waals surface area contributed by atoms with Crippen LogP contribution in [0.5, 0.6) is 5.75 Å². The van der Waals surface area contributed by atoms with Crippen LogP contribution in [0, 0.1) is 6.92 Å². The molecule has 0 unspecified atom stereocenters. The highest BCUT2D eigenvalue weighted by Crippen LogP contribution is 2.17. The third-order valence-corrected chi connectivity index (χ3v) is 2.25. The highest BCUT2D eigenvalue weighted by atomic mass is 19.4. The summed E-state index contributed by atoms with van der Waals surface area (Å²) in [4.78, 5) is 15.4. The summed E-state index contributed by atoms with van der Waals surface area (Å²) >= 11 is 0. The predicted octanol–water partition coefficient (Wildman–Crippen LogP) is 2.01. The summed E-state index contributed by atoms with van der Waals surface area (Å²) in [6, 6.07) is 3.36. The fourth-order valence-corrected chi connectivity index (χ4v) is 1.38.